The van der Waals surface area contributed by atoms with Crippen molar-refractivity contribution < 1.29 is 4.79 Å². The second kappa shape index (κ2) is 5.46. The molecule has 2 heterocycles. The highest BCUT2D eigenvalue weighted by Gasteiger charge is 2.10. The monoisotopic (exact) mass is 325 g/mol. The second-order valence-electron chi connectivity index (χ2n) is 3.58. The van der Waals surface area contributed by atoms with Crippen LogP contribution in [0.1, 0.15) is 16.2 Å². The van der Waals surface area contributed by atoms with E-state index in [1.165, 1.54) is 12.3 Å². The molecule has 0 aliphatic rings. The van der Waals surface area contributed by atoms with Gasteiger partial charge in [0.05, 0.1) is 11.4 Å². The maximum atomic E-state index is 11.9. The Labute approximate surface area is 118 Å². The Bertz CT molecular complexity index is 604. The molecule has 1 N–H and O–H groups in total. The van der Waals surface area contributed by atoms with Gasteiger partial charge in [-0.3, -0.25) is 9.78 Å². The molecule has 0 aromatic carbocycles. The highest BCUT2D eigenvalue weighted by molar-refractivity contribution is 9.10. The van der Waals surface area contributed by atoms with E-state index >= 15 is 0 Å². The van der Waals surface area contributed by atoms with Gasteiger partial charge >= 0.3 is 0 Å². The van der Waals surface area contributed by atoms with Crippen molar-refractivity contribution in [3.05, 3.63) is 51.5 Å². The van der Waals surface area contributed by atoms with Gasteiger partial charge in [-0.2, -0.15) is 0 Å². The van der Waals surface area contributed by atoms with Crippen LogP contribution in [0.25, 0.3) is 0 Å². The number of anilines is 1. The first-order valence-corrected chi connectivity index (χ1v) is 6.29. The van der Waals surface area contributed by atoms with Gasteiger partial charge in [0.2, 0.25) is 0 Å². The normalized spacial score (nSPS) is 10.2. The predicted octanol–water partition coefficient (Wildman–Crippen LogP) is 3.45. The summed E-state index contributed by atoms with van der Waals surface area (Å²) in [5.41, 5.74) is 1.63. The Morgan fingerprint density at radius 1 is 1.39 bits per heavy atom. The molecule has 4 nitrogen and oxygen atoms in total. The van der Waals surface area contributed by atoms with Gasteiger partial charge in [0.15, 0.2) is 0 Å². The molecule has 18 heavy (non-hydrogen) atoms. The number of carbonyl (C=O) groups excluding carboxylic acids is 1. The molecule has 1 amide bonds. The molecule has 2 aromatic heterocycles. The van der Waals surface area contributed by atoms with E-state index in [0.29, 0.717) is 10.7 Å². The van der Waals surface area contributed by atoms with Crippen LogP contribution in [0.4, 0.5) is 5.69 Å². The van der Waals surface area contributed by atoms with E-state index in [4.69, 9.17) is 11.6 Å². The zero-order valence-corrected chi connectivity index (χ0v) is 11.8. The van der Waals surface area contributed by atoms with Crippen LogP contribution in [-0.2, 0) is 0 Å². The van der Waals surface area contributed by atoms with Crippen molar-refractivity contribution in [3.63, 3.8) is 0 Å². The highest BCUT2D eigenvalue weighted by atomic mass is 79.9. The van der Waals surface area contributed by atoms with Crippen molar-refractivity contribution >= 4 is 39.1 Å². The van der Waals surface area contributed by atoms with Gasteiger partial charge in [-0.05, 0) is 47.1 Å². The minimum atomic E-state index is -0.315. The average Bonchev–Trinajstić information content (AvgIpc) is 2.32. The Hall–Kier alpha value is -1.46. The molecule has 92 valence electrons. The van der Waals surface area contributed by atoms with E-state index in [1.807, 2.05) is 6.92 Å². The van der Waals surface area contributed by atoms with Crippen LogP contribution in [0.3, 0.4) is 0 Å². The summed E-state index contributed by atoms with van der Waals surface area (Å²) >= 11 is 9.07. The third-order valence-electron chi connectivity index (χ3n) is 2.25. The lowest BCUT2D eigenvalue weighted by molar-refractivity contribution is 0.102. The van der Waals surface area contributed by atoms with E-state index in [-0.39, 0.29) is 11.6 Å². The summed E-state index contributed by atoms with van der Waals surface area (Å²) in [4.78, 5) is 20.1. The minimum Gasteiger partial charge on any atom is -0.319 e. The number of nitrogens with one attached hydrogen (secondary N) is 1. The van der Waals surface area contributed by atoms with E-state index < -0.39 is 0 Å². The number of rotatable bonds is 2. The van der Waals surface area contributed by atoms with Gasteiger partial charge in [0.25, 0.3) is 5.91 Å². The van der Waals surface area contributed by atoms with Gasteiger partial charge in [-0.25, -0.2) is 4.98 Å². The summed E-state index contributed by atoms with van der Waals surface area (Å²) in [6, 6.07) is 6.66. The molecule has 0 aliphatic carbocycles. The number of amides is 1. The number of hydrogen-bond donors (Lipinski definition) is 1. The third-order valence-corrected chi connectivity index (χ3v) is 2.93. The topological polar surface area (TPSA) is 54.9 Å². The Morgan fingerprint density at radius 2 is 2.17 bits per heavy atom. The Kier molecular flexibility index (Phi) is 3.93. The standard InChI is InChI=1S/C12H9BrClN3O/c1-7-9(2-3-11(13)16-7)17-12(18)10-6-8(14)4-5-15-10/h2-6H,1H3,(H,17,18). The number of pyridine rings is 2. The SMILES string of the molecule is Cc1nc(Br)ccc1NC(=O)c1cc(Cl)ccn1. The maximum Gasteiger partial charge on any atom is 0.274 e. The molecule has 6 heteroatoms. The molecule has 0 unspecified atom stereocenters. The van der Waals surface area contributed by atoms with Gasteiger partial charge in [-0.1, -0.05) is 11.6 Å². The van der Waals surface area contributed by atoms with Crippen LogP contribution in [0.15, 0.2) is 35.1 Å². The molecular formula is C12H9BrClN3O. The molecule has 0 fully saturated rings. The van der Waals surface area contributed by atoms with E-state index in [0.717, 1.165) is 10.3 Å². The van der Waals surface area contributed by atoms with E-state index in [9.17, 15) is 4.79 Å². The first-order valence-electron chi connectivity index (χ1n) is 5.12. The van der Waals surface area contributed by atoms with Gasteiger partial charge in [0.1, 0.15) is 10.3 Å². The lowest BCUT2D eigenvalue weighted by atomic mass is 10.3. The van der Waals surface area contributed by atoms with Crippen LogP contribution in [0.2, 0.25) is 5.02 Å². The molecule has 0 aliphatic heterocycles. The Balaban J connectivity index is 2.21. The first kappa shape index (κ1) is 13.0. The number of halogens is 2. The quantitative estimate of drug-likeness (QED) is 0.860. The number of nitrogens with zero attached hydrogens (tertiary/aromatic N) is 2. The summed E-state index contributed by atoms with van der Waals surface area (Å²) in [6.07, 6.45) is 1.49. The predicted molar refractivity (Wildman–Crippen MR) is 73.9 cm³/mol. The number of hydrogen-bond acceptors (Lipinski definition) is 3. The summed E-state index contributed by atoms with van der Waals surface area (Å²) in [6.45, 7) is 1.81. The Morgan fingerprint density at radius 3 is 2.83 bits per heavy atom. The molecule has 0 atom stereocenters. The molecular weight excluding hydrogens is 318 g/mol. The van der Waals surface area contributed by atoms with Gasteiger partial charge < -0.3 is 5.32 Å². The maximum absolute atomic E-state index is 11.9. The number of aromatic nitrogens is 2. The number of aryl methyl sites for hydroxylation is 1. The van der Waals surface area contributed by atoms with Gasteiger partial charge in [0, 0.05) is 11.2 Å². The lowest BCUT2D eigenvalue weighted by Crippen LogP contribution is -2.14. The average molecular weight is 327 g/mol. The minimum absolute atomic E-state index is 0.268. The summed E-state index contributed by atoms with van der Waals surface area (Å²) < 4.78 is 0.721. The van der Waals surface area contributed by atoms with Crippen LogP contribution in [-0.4, -0.2) is 15.9 Å². The van der Waals surface area contributed by atoms with Crippen molar-refractivity contribution in [1.29, 1.82) is 0 Å². The molecule has 2 rings (SSSR count). The van der Waals surface area contributed by atoms with Crippen molar-refractivity contribution in [2.24, 2.45) is 0 Å². The molecule has 2 aromatic rings. The molecule has 0 saturated carbocycles. The summed E-state index contributed by atoms with van der Waals surface area (Å²) in [5.74, 6) is -0.315. The third kappa shape index (κ3) is 3.05. The lowest BCUT2D eigenvalue weighted by Gasteiger charge is -2.07. The smallest absolute Gasteiger partial charge is 0.274 e. The molecule has 0 bridgehead atoms. The van der Waals surface area contributed by atoms with Crippen LogP contribution < -0.4 is 5.32 Å². The van der Waals surface area contributed by atoms with Crippen molar-refractivity contribution in [3.8, 4) is 0 Å². The highest BCUT2D eigenvalue weighted by Crippen LogP contribution is 2.17. The van der Waals surface area contributed by atoms with Gasteiger partial charge in [-0.15, -0.1) is 0 Å². The van der Waals surface area contributed by atoms with Crippen molar-refractivity contribution in [2.75, 3.05) is 5.32 Å². The molecule has 0 spiro atoms. The van der Waals surface area contributed by atoms with Crippen molar-refractivity contribution in [2.45, 2.75) is 6.92 Å². The fourth-order valence-corrected chi connectivity index (χ4v) is 1.94. The van der Waals surface area contributed by atoms with E-state index in [1.54, 1.807) is 18.2 Å². The van der Waals surface area contributed by atoms with E-state index in [2.05, 4.69) is 31.2 Å². The largest absolute Gasteiger partial charge is 0.319 e. The van der Waals surface area contributed by atoms with Crippen LogP contribution >= 0.6 is 27.5 Å². The summed E-state index contributed by atoms with van der Waals surface area (Å²) in [5, 5.41) is 3.21. The summed E-state index contributed by atoms with van der Waals surface area (Å²) in [7, 11) is 0. The molecule has 0 radical (unpaired) electrons. The molecule has 0 saturated heterocycles. The number of carbonyl (C=O) groups is 1. The second-order valence-corrected chi connectivity index (χ2v) is 4.83. The zero-order valence-electron chi connectivity index (χ0n) is 9.45. The van der Waals surface area contributed by atoms with Crippen LogP contribution in [0, 0.1) is 6.92 Å². The first-order chi connectivity index (χ1) is 8.56. The fraction of sp³-hybridized carbons (Fsp3) is 0.0833. The van der Waals surface area contributed by atoms with Crippen molar-refractivity contribution in [1.82, 2.24) is 9.97 Å². The van der Waals surface area contributed by atoms with Crippen LogP contribution in [0.5, 0.6) is 0 Å². The fourth-order valence-electron chi connectivity index (χ4n) is 1.38. The zero-order chi connectivity index (χ0) is 13.1.